The summed E-state index contributed by atoms with van der Waals surface area (Å²) in [5, 5.41) is 13.4. The van der Waals surface area contributed by atoms with Gasteiger partial charge >= 0.3 is 6.18 Å². The van der Waals surface area contributed by atoms with Crippen molar-refractivity contribution >= 4 is 5.91 Å². The first kappa shape index (κ1) is 14.3. The number of nitrogens with zero attached hydrogens (tertiary/aromatic N) is 1. The Morgan fingerprint density at radius 3 is 2.35 bits per heavy atom. The standard InChI is InChI=1S/C12H11F3N2O3/c13-12(14,15)8-3-1-7(2-4-8)11-9(17(19)20)5-6-10(18)16-11/h1-4,9,11H,5-6H2,(H,16,18)/t9-,11-/m0/s1. The molecule has 20 heavy (non-hydrogen) atoms. The van der Waals surface area contributed by atoms with E-state index in [2.05, 4.69) is 5.32 Å². The molecule has 0 bridgehead atoms. The minimum absolute atomic E-state index is 0.0444. The third-order valence-corrected chi connectivity index (χ3v) is 3.24. The van der Waals surface area contributed by atoms with Crippen LogP contribution in [0.1, 0.15) is 30.0 Å². The SMILES string of the molecule is O=C1CC[C@H]([N+](=O)[O-])[C@H](c2ccc(C(F)(F)F)cc2)N1. The van der Waals surface area contributed by atoms with Gasteiger partial charge in [-0.05, 0) is 17.7 Å². The molecule has 5 nitrogen and oxygen atoms in total. The molecular weight excluding hydrogens is 277 g/mol. The lowest BCUT2D eigenvalue weighted by Gasteiger charge is -2.26. The minimum Gasteiger partial charge on any atom is -0.343 e. The van der Waals surface area contributed by atoms with Gasteiger partial charge in [0.05, 0.1) is 5.56 Å². The van der Waals surface area contributed by atoms with Gasteiger partial charge < -0.3 is 5.32 Å². The predicted octanol–water partition coefficient (Wildman–Crippen LogP) is 2.30. The first-order chi connectivity index (χ1) is 9.29. The van der Waals surface area contributed by atoms with E-state index >= 15 is 0 Å². The number of halogens is 3. The lowest BCUT2D eigenvalue weighted by atomic mass is 9.92. The lowest BCUT2D eigenvalue weighted by Crippen LogP contribution is -2.45. The van der Waals surface area contributed by atoms with Crippen LogP contribution < -0.4 is 5.32 Å². The maximum Gasteiger partial charge on any atom is 0.416 e. The van der Waals surface area contributed by atoms with Crippen molar-refractivity contribution in [3.8, 4) is 0 Å². The first-order valence-electron chi connectivity index (χ1n) is 5.89. The second-order valence-electron chi connectivity index (χ2n) is 4.56. The van der Waals surface area contributed by atoms with Crippen LogP contribution >= 0.6 is 0 Å². The summed E-state index contributed by atoms with van der Waals surface area (Å²) in [5.41, 5.74) is -0.534. The molecule has 0 saturated carbocycles. The van der Waals surface area contributed by atoms with Crippen LogP contribution in [0.2, 0.25) is 0 Å². The summed E-state index contributed by atoms with van der Waals surface area (Å²) in [4.78, 5) is 21.8. The molecule has 0 radical (unpaired) electrons. The molecule has 8 heteroatoms. The summed E-state index contributed by atoms with van der Waals surface area (Å²) in [6.45, 7) is 0. The molecule has 1 fully saturated rings. The number of rotatable bonds is 2. The Labute approximate surface area is 111 Å². The van der Waals surface area contributed by atoms with Crippen molar-refractivity contribution in [1.82, 2.24) is 5.32 Å². The highest BCUT2D eigenvalue weighted by Crippen LogP contribution is 2.32. The lowest BCUT2D eigenvalue weighted by molar-refractivity contribution is -0.529. The van der Waals surface area contributed by atoms with Crippen molar-refractivity contribution in [2.24, 2.45) is 0 Å². The number of piperidine rings is 1. The van der Waals surface area contributed by atoms with Gasteiger partial charge in [0.25, 0.3) is 0 Å². The third kappa shape index (κ3) is 2.89. The highest BCUT2D eigenvalue weighted by Gasteiger charge is 2.38. The fourth-order valence-electron chi connectivity index (χ4n) is 2.20. The normalized spacial score (nSPS) is 23.2. The largest absolute Gasteiger partial charge is 0.416 e. The van der Waals surface area contributed by atoms with Crippen molar-refractivity contribution in [2.75, 3.05) is 0 Å². The molecule has 0 aromatic heterocycles. The topological polar surface area (TPSA) is 72.2 Å². The molecule has 1 saturated heterocycles. The summed E-state index contributed by atoms with van der Waals surface area (Å²) in [6, 6.07) is 2.11. The van der Waals surface area contributed by atoms with E-state index in [0.29, 0.717) is 5.56 Å². The molecule has 2 atom stereocenters. The first-order valence-corrected chi connectivity index (χ1v) is 5.89. The molecular formula is C12H11F3N2O3. The Bertz CT molecular complexity index is 528. The second-order valence-corrected chi connectivity index (χ2v) is 4.56. The highest BCUT2D eigenvalue weighted by molar-refractivity contribution is 5.77. The van der Waals surface area contributed by atoms with Crippen LogP contribution in [0, 0.1) is 10.1 Å². The quantitative estimate of drug-likeness (QED) is 0.670. The average molecular weight is 288 g/mol. The summed E-state index contributed by atoms with van der Waals surface area (Å²) in [7, 11) is 0. The maximum absolute atomic E-state index is 12.5. The molecule has 0 aliphatic carbocycles. The Morgan fingerprint density at radius 1 is 1.25 bits per heavy atom. The van der Waals surface area contributed by atoms with Gasteiger partial charge in [-0.15, -0.1) is 0 Å². The van der Waals surface area contributed by atoms with Gasteiger partial charge in [-0.3, -0.25) is 14.9 Å². The van der Waals surface area contributed by atoms with E-state index in [1.807, 2.05) is 0 Å². The fourth-order valence-corrected chi connectivity index (χ4v) is 2.20. The third-order valence-electron chi connectivity index (χ3n) is 3.24. The second kappa shape index (κ2) is 5.10. The molecule has 1 amide bonds. The molecule has 1 heterocycles. The number of benzene rings is 1. The molecule has 0 unspecified atom stereocenters. The zero-order valence-electron chi connectivity index (χ0n) is 10.2. The van der Waals surface area contributed by atoms with E-state index in [1.165, 1.54) is 0 Å². The monoisotopic (exact) mass is 288 g/mol. The summed E-state index contributed by atoms with van der Waals surface area (Å²) in [6.07, 6.45) is -4.34. The molecule has 0 spiro atoms. The molecule has 2 rings (SSSR count). The number of nitro groups is 1. The smallest absolute Gasteiger partial charge is 0.343 e. The van der Waals surface area contributed by atoms with Crippen LogP contribution in [0.15, 0.2) is 24.3 Å². The summed E-state index contributed by atoms with van der Waals surface area (Å²) >= 11 is 0. The van der Waals surface area contributed by atoms with E-state index in [-0.39, 0.29) is 18.7 Å². The van der Waals surface area contributed by atoms with Crippen LogP contribution in [-0.2, 0) is 11.0 Å². The van der Waals surface area contributed by atoms with Crippen molar-refractivity contribution in [3.05, 3.63) is 45.5 Å². The minimum atomic E-state index is -4.46. The highest BCUT2D eigenvalue weighted by atomic mass is 19.4. The van der Waals surface area contributed by atoms with Crippen LogP contribution in [0.3, 0.4) is 0 Å². The molecule has 1 aliphatic rings. The van der Waals surface area contributed by atoms with E-state index in [0.717, 1.165) is 24.3 Å². The number of hydrogen-bond acceptors (Lipinski definition) is 3. The van der Waals surface area contributed by atoms with Gasteiger partial charge in [0, 0.05) is 17.8 Å². The zero-order chi connectivity index (χ0) is 14.9. The molecule has 1 aromatic rings. The number of amides is 1. The van der Waals surface area contributed by atoms with Gasteiger partial charge in [0.15, 0.2) is 0 Å². The van der Waals surface area contributed by atoms with Gasteiger partial charge in [0.2, 0.25) is 11.9 Å². The Kier molecular flexibility index (Phi) is 3.65. The van der Waals surface area contributed by atoms with Gasteiger partial charge in [-0.25, -0.2) is 0 Å². The van der Waals surface area contributed by atoms with E-state index in [1.54, 1.807) is 0 Å². The van der Waals surface area contributed by atoms with Gasteiger partial charge in [-0.1, -0.05) is 12.1 Å². The van der Waals surface area contributed by atoms with Crippen molar-refractivity contribution in [1.29, 1.82) is 0 Å². The number of alkyl halides is 3. The van der Waals surface area contributed by atoms with Crippen molar-refractivity contribution < 1.29 is 22.9 Å². The average Bonchev–Trinajstić information content (AvgIpc) is 2.37. The number of hydrogen-bond donors (Lipinski definition) is 1. The van der Waals surface area contributed by atoms with Crippen molar-refractivity contribution in [3.63, 3.8) is 0 Å². The van der Waals surface area contributed by atoms with E-state index in [4.69, 9.17) is 0 Å². The molecule has 1 aliphatic heterocycles. The number of carbonyl (C=O) groups excluding carboxylic acids is 1. The Balaban J connectivity index is 2.28. The van der Waals surface area contributed by atoms with Crippen LogP contribution in [0.25, 0.3) is 0 Å². The van der Waals surface area contributed by atoms with Crippen LogP contribution in [-0.4, -0.2) is 16.9 Å². The van der Waals surface area contributed by atoms with E-state index in [9.17, 15) is 28.1 Å². The van der Waals surface area contributed by atoms with E-state index < -0.39 is 28.7 Å². The van der Waals surface area contributed by atoms with Crippen molar-refractivity contribution in [2.45, 2.75) is 31.1 Å². The fraction of sp³-hybridized carbons (Fsp3) is 0.417. The van der Waals surface area contributed by atoms with Crippen LogP contribution in [0.4, 0.5) is 13.2 Å². The van der Waals surface area contributed by atoms with Crippen LogP contribution in [0.5, 0.6) is 0 Å². The molecule has 1 aromatic carbocycles. The zero-order valence-corrected chi connectivity index (χ0v) is 10.2. The molecule has 1 N–H and O–H groups in total. The van der Waals surface area contributed by atoms with Gasteiger partial charge in [0.1, 0.15) is 6.04 Å². The summed E-state index contributed by atoms with van der Waals surface area (Å²) < 4.78 is 37.4. The molecule has 108 valence electrons. The summed E-state index contributed by atoms with van der Waals surface area (Å²) in [5.74, 6) is -0.340. The number of nitrogens with one attached hydrogen (secondary N) is 1. The maximum atomic E-state index is 12.5. The van der Waals surface area contributed by atoms with Gasteiger partial charge in [-0.2, -0.15) is 13.2 Å². The number of carbonyl (C=O) groups is 1. The Morgan fingerprint density at radius 2 is 1.85 bits per heavy atom. The predicted molar refractivity (Wildman–Crippen MR) is 62.3 cm³/mol. The Hall–Kier alpha value is -2.12.